The Bertz CT molecular complexity index is 1420. The van der Waals surface area contributed by atoms with Gasteiger partial charge in [-0.05, 0) is 91.1 Å². The summed E-state index contributed by atoms with van der Waals surface area (Å²) >= 11 is 0. The number of aromatic hydroxyl groups is 1. The van der Waals surface area contributed by atoms with Crippen LogP contribution in [0.1, 0.15) is 69.2 Å². The first-order valence-corrected chi connectivity index (χ1v) is 18.6. The van der Waals surface area contributed by atoms with Gasteiger partial charge in [-0.15, -0.1) is 0 Å². The third-order valence-electron chi connectivity index (χ3n) is 9.18. The molecule has 0 saturated carbocycles. The van der Waals surface area contributed by atoms with E-state index in [1.54, 1.807) is 6.07 Å². The summed E-state index contributed by atoms with van der Waals surface area (Å²) in [7, 11) is -2.06. The molecule has 2 aliphatic rings. The zero-order chi connectivity index (χ0) is 30.6. The average Bonchev–Trinajstić information content (AvgIpc) is 3.16. The van der Waals surface area contributed by atoms with Gasteiger partial charge < -0.3 is 24.1 Å². The molecule has 0 aliphatic carbocycles. The van der Waals surface area contributed by atoms with Gasteiger partial charge in [-0.1, -0.05) is 57.5 Å². The van der Waals surface area contributed by atoms with Crippen LogP contribution in [-0.2, 0) is 0 Å². The van der Waals surface area contributed by atoms with E-state index >= 15 is 0 Å². The van der Waals surface area contributed by atoms with Crippen LogP contribution in [-0.4, -0.2) is 56.3 Å². The van der Waals surface area contributed by atoms with Crippen molar-refractivity contribution >= 4 is 19.5 Å². The molecule has 1 unspecified atom stereocenters. The van der Waals surface area contributed by atoms with Crippen molar-refractivity contribution in [3.8, 4) is 23.0 Å². The molecule has 2 aliphatic heterocycles. The number of phenols is 1. The van der Waals surface area contributed by atoms with Gasteiger partial charge in [-0.2, -0.15) is 0 Å². The van der Waals surface area contributed by atoms with Gasteiger partial charge in [0.2, 0.25) is 8.32 Å². The predicted octanol–water partition coefficient (Wildman–Crippen LogP) is 8.07. The van der Waals surface area contributed by atoms with Crippen LogP contribution in [0.15, 0.2) is 66.7 Å². The zero-order valence-electron chi connectivity index (χ0n) is 26.4. The molecule has 6 nitrogen and oxygen atoms in total. The molecule has 3 aromatic carbocycles. The first-order valence-electron chi connectivity index (χ1n) is 15.6. The van der Waals surface area contributed by atoms with Gasteiger partial charge in [0.25, 0.3) is 0 Å². The van der Waals surface area contributed by atoms with Crippen molar-refractivity contribution in [1.82, 2.24) is 4.90 Å². The Morgan fingerprint density at radius 3 is 2.30 bits per heavy atom. The van der Waals surface area contributed by atoms with Crippen LogP contribution in [0.4, 0.5) is 0 Å². The van der Waals surface area contributed by atoms with Gasteiger partial charge in [0, 0.05) is 30.2 Å². The van der Waals surface area contributed by atoms with Crippen LogP contribution < -0.4 is 13.9 Å². The van der Waals surface area contributed by atoms with Crippen molar-refractivity contribution < 1.29 is 24.1 Å². The molecule has 0 amide bonds. The first kappa shape index (κ1) is 31.2. The van der Waals surface area contributed by atoms with Crippen molar-refractivity contribution in [1.29, 1.82) is 0 Å². The number of nitrogens with zero attached hydrogens (tertiary/aromatic N) is 1. The van der Waals surface area contributed by atoms with Crippen molar-refractivity contribution in [2.75, 3.05) is 32.8 Å². The van der Waals surface area contributed by atoms with E-state index in [-0.39, 0.29) is 10.8 Å². The van der Waals surface area contributed by atoms with Crippen LogP contribution in [0.25, 0.3) is 11.1 Å². The first-order chi connectivity index (χ1) is 20.5. The van der Waals surface area contributed by atoms with Gasteiger partial charge in [-0.25, -0.2) is 0 Å². The highest BCUT2D eigenvalue weighted by atomic mass is 28.4. The Hall–Kier alpha value is -3.26. The molecule has 5 rings (SSSR count). The minimum Gasteiger partial charge on any atom is -0.543 e. The number of rotatable bonds is 9. The Labute approximate surface area is 258 Å². The average molecular weight is 602 g/mol. The lowest BCUT2D eigenvalue weighted by atomic mass is 9.86. The fourth-order valence-electron chi connectivity index (χ4n) is 5.63. The van der Waals surface area contributed by atoms with E-state index in [1.165, 1.54) is 19.3 Å². The van der Waals surface area contributed by atoms with Crippen molar-refractivity contribution in [2.24, 2.45) is 0 Å². The van der Waals surface area contributed by atoms with E-state index in [0.29, 0.717) is 30.9 Å². The second-order valence-corrected chi connectivity index (χ2v) is 18.0. The molecule has 43 heavy (non-hydrogen) atoms. The number of hydrogen-bond donors (Lipinski definition) is 2. The number of benzene rings is 3. The quantitative estimate of drug-likeness (QED) is 0.242. The summed E-state index contributed by atoms with van der Waals surface area (Å²) in [4.78, 5) is 2.46. The summed E-state index contributed by atoms with van der Waals surface area (Å²) in [6, 6.07) is 20.9. The third-order valence-corrected chi connectivity index (χ3v) is 13.5. The predicted molar refractivity (Wildman–Crippen MR) is 176 cm³/mol. The molecule has 3 aromatic rings. The minimum atomic E-state index is -2.06. The van der Waals surface area contributed by atoms with E-state index < -0.39 is 14.4 Å². The minimum absolute atomic E-state index is 0.0589. The second kappa shape index (κ2) is 13.2. The second-order valence-electron chi connectivity index (χ2n) is 13.3. The fourth-order valence-corrected chi connectivity index (χ4v) is 6.65. The number of ether oxygens (including phenoxy) is 2. The molecule has 0 bridgehead atoms. The summed E-state index contributed by atoms with van der Waals surface area (Å²) in [6.07, 6.45) is 3.46. The van der Waals surface area contributed by atoms with Gasteiger partial charge >= 0.3 is 0 Å². The number of phenolic OH excluding ortho intramolecular Hbond substituents is 1. The summed E-state index contributed by atoms with van der Waals surface area (Å²) in [5, 5.41) is 22.9. The molecule has 7 heteroatoms. The topological polar surface area (TPSA) is 71.4 Å². The fraction of sp³-hybridized carbons (Fsp3) is 0.444. The van der Waals surface area contributed by atoms with E-state index in [9.17, 15) is 10.2 Å². The normalized spacial score (nSPS) is 17.1. The largest absolute Gasteiger partial charge is 0.543 e. The molecule has 2 N–H and O–H groups in total. The molecule has 0 radical (unpaired) electrons. The zero-order valence-corrected chi connectivity index (χ0v) is 27.4. The monoisotopic (exact) mass is 601 g/mol. The van der Waals surface area contributed by atoms with E-state index in [2.05, 4.69) is 38.8 Å². The maximum absolute atomic E-state index is 12.0. The molecular weight excluding hydrogens is 554 g/mol. The summed E-state index contributed by atoms with van der Waals surface area (Å²) < 4.78 is 18.9. The van der Waals surface area contributed by atoms with Gasteiger partial charge in [0.05, 0.1) is 6.61 Å². The van der Waals surface area contributed by atoms with Crippen LogP contribution in [0.5, 0.6) is 23.0 Å². The molecular formula is C36H47NO5Si. The van der Waals surface area contributed by atoms with Crippen LogP contribution in [0, 0.1) is 0 Å². The SMILES string of the molecule is CC(C)(C)[Si](C)(C)Oc1ccc2c(c1)OCCC(c1ccccc1O)=C2C(O)c1ccc(OCCN2CCCCC2)cc1. The molecule has 0 aromatic heterocycles. The maximum atomic E-state index is 12.0. The van der Waals surface area contributed by atoms with Crippen LogP contribution in [0.2, 0.25) is 18.1 Å². The highest BCUT2D eigenvalue weighted by Crippen LogP contribution is 2.47. The van der Waals surface area contributed by atoms with E-state index in [4.69, 9.17) is 13.9 Å². The Morgan fingerprint density at radius 2 is 1.60 bits per heavy atom. The smallest absolute Gasteiger partial charge is 0.250 e. The summed E-state index contributed by atoms with van der Waals surface area (Å²) in [5.74, 6) is 2.42. The molecule has 1 atom stereocenters. The standard InChI is InChI=1S/C36H47NO5Si/c1-36(2,3)43(4,5)42-28-17-18-31-33(25-28)41-23-19-30(29-11-7-8-12-32(29)38)34(31)35(39)26-13-15-27(16-14-26)40-24-22-37-20-9-6-10-21-37/h7-8,11-18,25,35,38-39H,6,9-10,19-24H2,1-5H3. The lowest BCUT2D eigenvalue weighted by Crippen LogP contribution is -2.43. The summed E-state index contributed by atoms with van der Waals surface area (Å²) in [6.45, 7) is 15.4. The van der Waals surface area contributed by atoms with Crippen molar-refractivity contribution in [2.45, 2.75) is 70.7 Å². The molecule has 1 fully saturated rings. The number of likely N-dealkylation sites (tertiary alicyclic amines) is 1. The number of piperidine rings is 1. The molecule has 0 spiro atoms. The summed E-state index contributed by atoms with van der Waals surface area (Å²) in [5.41, 5.74) is 3.84. The number of aliphatic hydroxyl groups excluding tert-OH is 1. The van der Waals surface area contributed by atoms with Gasteiger partial charge in [0.1, 0.15) is 35.7 Å². The maximum Gasteiger partial charge on any atom is 0.250 e. The highest BCUT2D eigenvalue weighted by molar-refractivity contribution is 6.74. The number of hydrogen-bond acceptors (Lipinski definition) is 6. The van der Waals surface area contributed by atoms with Gasteiger partial charge in [0.15, 0.2) is 0 Å². The lowest BCUT2D eigenvalue weighted by Gasteiger charge is -2.36. The van der Waals surface area contributed by atoms with E-state index in [0.717, 1.165) is 53.4 Å². The number of aliphatic hydroxyl groups is 1. The highest BCUT2D eigenvalue weighted by Gasteiger charge is 2.39. The molecule has 1 saturated heterocycles. The molecule has 230 valence electrons. The molecule has 2 heterocycles. The van der Waals surface area contributed by atoms with Crippen molar-refractivity contribution in [3.05, 3.63) is 83.4 Å². The van der Waals surface area contributed by atoms with E-state index in [1.807, 2.05) is 60.7 Å². The van der Waals surface area contributed by atoms with Crippen molar-refractivity contribution in [3.63, 3.8) is 0 Å². The Balaban J connectivity index is 1.45. The van der Waals surface area contributed by atoms with Crippen LogP contribution in [0.3, 0.4) is 0 Å². The lowest BCUT2D eigenvalue weighted by molar-refractivity contribution is 0.183. The third kappa shape index (κ3) is 7.28. The van der Waals surface area contributed by atoms with Crippen LogP contribution >= 0.6 is 0 Å². The Morgan fingerprint density at radius 1 is 0.907 bits per heavy atom. The number of fused-ring (bicyclic) bond motifs is 1. The number of para-hydroxylation sites is 1. The van der Waals surface area contributed by atoms with Gasteiger partial charge in [-0.3, -0.25) is 4.90 Å². The Kier molecular flexibility index (Phi) is 9.54.